The molecule has 0 fully saturated rings. The molecule has 4 aromatic heterocycles. The summed E-state index contributed by atoms with van der Waals surface area (Å²) in [4.78, 5) is 20.3. The number of benzene rings is 8. The first-order valence-corrected chi connectivity index (χ1v) is 19.3. The molecule has 0 amide bonds. The molecule has 0 saturated heterocycles. The molecule has 0 unspecified atom stereocenters. The van der Waals surface area contributed by atoms with Gasteiger partial charge in [0, 0.05) is 60.0 Å². The summed E-state index contributed by atoms with van der Waals surface area (Å²) in [5.74, 6) is 1.80. The third-order valence-electron chi connectivity index (χ3n) is 11.1. The minimum atomic E-state index is 0.592. The van der Waals surface area contributed by atoms with Crippen LogP contribution >= 0.6 is 0 Å². The van der Waals surface area contributed by atoms with Crippen LogP contribution < -0.4 is 0 Å². The molecule has 0 saturated carbocycles. The molecule has 0 N–H and O–H groups in total. The lowest BCUT2D eigenvalue weighted by atomic mass is 9.97. The molecule has 12 aromatic rings. The second kappa shape index (κ2) is 12.8. The van der Waals surface area contributed by atoms with Gasteiger partial charge in [0.25, 0.3) is 0 Å². The first kappa shape index (κ1) is 32.3. The SMILES string of the molecule is c1ccc(-c2nc(-c3ccc(-c4ccc5oc6c(ccc7c(-c8ccccc8)nc8ccccc8c76)c5c4)cc3)nc(-c3cccc4oc5ccccc5c34)n2)cc1. The fourth-order valence-corrected chi connectivity index (χ4v) is 8.38. The number of hydrogen-bond acceptors (Lipinski definition) is 6. The Kier molecular flexibility index (Phi) is 7.13. The second-order valence-electron chi connectivity index (χ2n) is 14.5. The summed E-state index contributed by atoms with van der Waals surface area (Å²) in [6, 6.07) is 62.1. The Bertz CT molecular complexity index is 3560. The van der Waals surface area contributed by atoms with Gasteiger partial charge in [0.1, 0.15) is 22.3 Å². The van der Waals surface area contributed by atoms with Crippen LogP contribution in [-0.2, 0) is 0 Å². The van der Waals surface area contributed by atoms with E-state index in [-0.39, 0.29) is 0 Å². The van der Waals surface area contributed by atoms with Crippen molar-refractivity contribution < 1.29 is 8.83 Å². The van der Waals surface area contributed by atoms with Crippen LogP contribution in [0.3, 0.4) is 0 Å². The molecule has 58 heavy (non-hydrogen) atoms. The zero-order chi connectivity index (χ0) is 38.2. The van der Waals surface area contributed by atoms with Crippen LogP contribution in [-0.4, -0.2) is 19.9 Å². The van der Waals surface area contributed by atoms with Crippen molar-refractivity contribution in [3.8, 4) is 56.5 Å². The molecule has 12 rings (SSSR count). The van der Waals surface area contributed by atoms with Crippen LogP contribution in [0, 0.1) is 0 Å². The lowest BCUT2D eigenvalue weighted by Gasteiger charge is -2.10. The van der Waals surface area contributed by atoms with E-state index < -0.39 is 0 Å². The van der Waals surface area contributed by atoms with Gasteiger partial charge in [-0.25, -0.2) is 19.9 Å². The van der Waals surface area contributed by atoms with E-state index in [0.29, 0.717) is 17.5 Å². The fraction of sp³-hybridized carbons (Fsp3) is 0. The van der Waals surface area contributed by atoms with Crippen LogP contribution in [0.25, 0.3) is 122 Å². The quantitative estimate of drug-likeness (QED) is 0.163. The highest BCUT2D eigenvalue weighted by molar-refractivity contribution is 6.25. The molecule has 270 valence electrons. The van der Waals surface area contributed by atoms with Gasteiger partial charge in [0.05, 0.1) is 11.2 Å². The van der Waals surface area contributed by atoms with Gasteiger partial charge in [-0.2, -0.15) is 0 Å². The van der Waals surface area contributed by atoms with Crippen molar-refractivity contribution in [2.24, 2.45) is 0 Å². The fourth-order valence-electron chi connectivity index (χ4n) is 8.38. The highest BCUT2D eigenvalue weighted by Gasteiger charge is 2.20. The van der Waals surface area contributed by atoms with E-state index in [1.54, 1.807) is 0 Å². The van der Waals surface area contributed by atoms with E-state index in [9.17, 15) is 0 Å². The second-order valence-corrected chi connectivity index (χ2v) is 14.5. The number of aromatic nitrogens is 4. The van der Waals surface area contributed by atoms with Gasteiger partial charge < -0.3 is 8.83 Å². The molecule has 0 spiro atoms. The standard InChI is InChI=1S/C52H30N4O2/c1-3-12-32(13-4-1)48-39-28-27-36-41-30-35(26-29-44(41)58-49(36)47(39)37-16-7-9-19-42(37)53-48)31-22-24-34(25-23-31)51-54-50(33-14-5-2-6-15-33)55-52(56-51)40-18-11-21-45-46(40)38-17-8-10-20-43(38)57-45/h1-30H. The van der Waals surface area contributed by atoms with Crippen molar-refractivity contribution in [3.05, 3.63) is 182 Å². The number of pyridine rings is 1. The maximum Gasteiger partial charge on any atom is 0.164 e. The van der Waals surface area contributed by atoms with Crippen molar-refractivity contribution >= 4 is 65.6 Å². The first-order valence-electron chi connectivity index (χ1n) is 19.3. The molecule has 0 aliphatic rings. The van der Waals surface area contributed by atoms with Crippen molar-refractivity contribution in [1.29, 1.82) is 0 Å². The van der Waals surface area contributed by atoms with E-state index in [0.717, 1.165) is 105 Å². The Morgan fingerprint density at radius 1 is 0.310 bits per heavy atom. The molecule has 8 aromatic carbocycles. The topological polar surface area (TPSA) is 77.8 Å². The van der Waals surface area contributed by atoms with Gasteiger partial charge in [-0.3, -0.25) is 0 Å². The predicted molar refractivity (Wildman–Crippen MR) is 234 cm³/mol. The number of fused-ring (bicyclic) bond motifs is 10. The summed E-state index contributed by atoms with van der Waals surface area (Å²) < 4.78 is 12.9. The maximum atomic E-state index is 6.72. The third kappa shape index (κ3) is 5.12. The molecule has 0 radical (unpaired) electrons. The molecular formula is C52H30N4O2. The lowest BCUT2D eigenvalue weighted by molar-refractivity contribution is 0.669. The summed E-state index contributed by atoms with van der Waals surface area (Å²) >= 11 is 0. The van der Waals surface area contributed by atoms with Gasteiger partial charge in [0.15, 0.2) is 17.5 Å². The third-order valence-corrected chi connectivity index (χ3v) is 11.1. The van der Waals surface area contributed by atoms with E-state index in [4.69, 9.17) is 28.8 Å². The zero-order valence-electron chi connectivity index (χ0n) is 30.9. The summed E-state index contributed by atoms with van der Waals surface area (Å²) in [6.45, 7) is 0. The number of para-hydroxylation sites is 2. The molecule has 6 heteroatoms. The Labute approximate surface area is 331 Å². The van der Waals surface area contributed by atoms with Crippen LogP contribution in [0.15, 0.2) is 191 Å². The molecule has 6 nitrogen and oxygen atoms in total. The molecule has 0 aliphatic heterocycles. The van der Waals surface area contributed by atoms with Crippen LogP contribution in [0.1, 0.15) is 0 Å². The van der Waals surface area contributed by atoms with Crippen molar-refractivity contribution in [2.75, 3.05) is 0 Å². The molecule has 4 heterocycles. The van der Waals surface area contributed by atoms with E-state index >= 15 is 0 Å². The Morgan fingerprint density at radius 2 is 0.914 bits per heavy atom. The van der Waals surface area contributed by atoms with E-state index in [1.165, 1.54) is 0 Å². The monoisotopic (exact) mass is 742 g/mol. The predicted octanol–water partition coefficient (Wildman–Crippen LogP) is 13.7. The Balaban J connectivity index is 0.973. The number of rotatable bonds is 5. The summed E-state index contributed by atoms with van der Waals surface area (Å²) in [5, 5.41) is 7.37. The van der Waals surface area contributed by atoms with Crippen molar-refractivity contribution in [2.45, 2.75) is 0 Å². The molecule has 0 aliphatic carbocycles. The average molecular weight is 743 g/mol. The van der Waals surface area contributed by atoms with Gasteiger partial charge in [-0.15, -0.1) is 0 Å². The molecular weight excluding hydrogens is 713 g/mol. The number of nitrogens with zero attached hydrogens (tertiary/aromatic N) is 4. The number of hydrogen-bond donors (Lipinski definition) is 0. The van der Waals surface area contributed by atoms with Gasteiger partial charge in [-0.1, -0.05) is 146 Å². The minimum absolute atomic E-state index is 0.592. The zero-order valence-corrected chi connectivity index (χ0v) is 30.9. The van der Waals surface area contributed by atoms with Gasteiger partial charge in [0.2, 0.25) is 0 Å². The normalized spacial score (nSPS) is 11.8. The van der Waals surface area contributed by atoms with Crippen molar-refractivity contribution in [3.63, 3.8) is 0 Å². The van der Waals surface area contributed by atoms with Crippen LogP contribution in [0.4, 0.5) is 0 Å². The lowest BCUT2D eigenvalue weighted by Crippen LogP contribution is -2.00. The van der Waals surface area contributed by atoms with Crippen LogP contribution in [0.5, 0.6) is 0 Å². The maximum absolute atomic E-state index is 6.72. The van der Waals surface area contributed by atoms with Gasteiger partial charge in [-0.05, 0) is 47.5 Å². The molecule has 0 atom stereocenters. The first-order chi connectivity index (χ1) is 28.7. The number of furan rings is 2. The van der Waals surface area contributed by atoms with Crippen LogP contribution in [0.2, 0.25) is 0 Å². The minimum Gasteiger partial charge on any atom is -0.456 e. The summed E-state index contributed by atoms with van der Waals surface area (Å²) in [7, 11) is 0. The highest BCUT2D eigenvalue weighted by atomic mass is 16.3. The average Bonchev–Trinajstić information content (AvgIpc) is 3.87. The van der Waals surface area contributed by atoms with Gasteiger partial charge >= 0.3 is 0 Å². The van der Waals surface area contributed by atoms with E-state index in [2.05, 4.69) is 109 Å². The summed E-state index contributed by atoms with van der Waals surface area (Å²) in [6.07, 6.45) is 0. The van der Waals surface area contributed by atoms with Crippen molar-refractivity contribution in [1.82, 2.24) is 19.9 Å². The van der Waals surface area contributed by atoms with E-state index in [1.807, 2.05) is 72.8 Å². The Morgan fingerprint density at radius 3 is 1.72 bits per heavy atom. The molecule has 0 bridgehead atoms. The largest absolute Gasteiger partial charge is 0.456 e. The Hall–Kier alpha value is -7.96. The summed E-state index contributed by atoms with van der Waals surface area (Å²) in [5.41, 5.74) is 11.2. The smallest absolute Gasteiger partial charge is 0.164 e. The highest BCUT2D eigenvalue weighted by Crippen LogP contribution is 2.42.